The Morgan fingerprint density at radius 3 is 2.88 bits per heavy atom. The maximum absolute atomic E-state index is 11.7. The highest BCUT2D eigenvalue weighted by Crippen LogP contribution is 2.22. The van der Waals surface area contributed by atoms with Crippen LogP contribution in [0.15, 0.2) is 0 Å². The van der Waals surface area contributed by atoms with Crippen molar-refractivity contribution in [2.24, 2.45) is 17.8 Å². The van der Waals surface area contributed by atoms with Gasteiger partial charge in [-0.3, -0.25) is 4.79 Å². The van der Waals surface area contributed by atoms with Crippen molar-refractivity contribution in [1.82, 2.24) is 10.6 Å². The number of hydrogen-bond acceptors (Lipinski definition) is 3. The molecule has 17 heavy (non-hydrogen) atoms. The van der Waals surface area contributed by atoms with Crippen molar-refractivity contribution in [1.29, 1.82) is 0 Å². The summed E-state index contributed by atoms with van der Waals surface area (Å²) in [6, 6.07) is 0. The predicted octanol–water partition coefficient (Wildman–Crippen LogP) is 0.757. The van der Waals surface area contributed by atoms with Crippen LogP contribution in [-0.4, -0.2) is 37.3 Å². The molecule has 3 unspecified atom stereocenters. The van der Waals surface area contributed by atoms with Crippen LogP contribution in [0.4, 0.5) is 0 Å². The third-order valence-electron chi connectivity index (χ3n) is 3.61. The van der Waals surface area contributed by atoms with Gasteiger partial charge >= 0.3 is 0 Å². The zero-order valence-corrected chi connectivity index (χ0v) is 11.0. The van der Waals surface area contributed by atoms with E-state index in [-0.39, 0.29) is 18.4 Å². The van der Waals surface area contributed by atoms with E-state index < -0.39 is 0 Å². The molecule has 1 fully saturated rings. The minimum absolute atomic E-state index is 0.114. The van der Waals surface area contributed by atoms with Crippen molar-refractivity contribution < 1.29 is 9.90 Å². The van der Waals surface area contributed by atoms with Crippen molar-refractivity contribution in [2.45, 2.75) is 33.1 Å². The molecule has 0 aromatic carbocycles. The lowest BCUT2D eigenvalue weighted by Gasteiger charge is -2.28. The fraction of sp³-hybridized carbons (Fsp3) is 0.923. The van der Waals surface area contributed by atoms with Crippen LogP contribution in [0.1, 0.15) is 33.1 Å². The van der Waals surface area contributed by atoms with Crippen LogP contribution in [0.5, 0.6) is 0 Å². The van der Waals surface area contributed by atoms with Crippen molar-refractivity contribution >= 4 is 5.91 Å². The van der Waals surface area contributed by atoms with Crippen LogP contribution in [0.25, 0.3) is 0 Å². The molecule has 3 atom stereocenters. The summed E-state index contributed by atoms with van der Waals surface area (Å²) in [4.78, 5) is 11.7. The van der Waals surface area contributed by atoms with E-state index in [4.69, 9.17) is 5.11 Å². The summed E-state index contributed by atoms with van der Waals surface area (Å²) >= 11 is 0. The van der Waals surface area contributed by atoms with E-state index in [1.807, 2.05) is 6.92 Å². The van der Waals surface area contributed by atoms with Gasteiger partial charge in [-0.1, -0.05) is 13.8 Å². The maximum atomic E-state index is 11.7. The van der Waals surface area contributed by atoms with Gasteiger partial charge in [0.1, 0.15) is 0 Å². The first-order valence-electron chi connectivity index (χ1n) is 6.71. The first-order chi connectivity index (χ1) is 8.13. The second-order valence-corrected chi connectivity index (χ2v) is 5.38. The summed E-state index contributed by atoms with van der Waals surface area (Å²) in [5, 5.41) is 15.1. The van der Waals surface area contributed by atoms with Crippen molar-refractivity contribution in [3.05, 3.63) is 0 Å². The molecule has 1 rings (SSSR count). The molecule has 1 aliphatic heterocycles. The number of aliphatic hydroxyl groups is 1. The molecule has 0 spiro atoms. The minimum atomic E-state index is 0.114. The van der Waals surface area contributed by atoms with Crippen molar-refractivity contribution in [3.8, 4) is 0 Å². The lowest BCUT2D eigenvalue weighted by molar-refractivity contribution is -0.122. The van der Waals surface area contributed by atoms with Crippen LogP contribution in [0.3, 0.4) is 0 Å². The lowest BCUT2D eigenvalue weighted by Crippen LogP contribution is -2.36. The molecule has 0 aromatic rings. The molecule has 1 saturated heterocycles. The average Bonchev–Trinajstić information content (AvgIpc) is 2.36. The lowest BCUT2D eigenvalue weighted by atomic mass is 9.85. The fourth-order valence-electron chi connectivity index (χ4n) is 2.25. The van der Waals surface area contributed by atoms with E-state index in [0.29, 0.717) is 24.8 Å². The van der Waals surface area contributed by atoms with Gasteiger partial charge in [0.25, 0.3) is 0 Å². The van der Waals surface area contributed by atoms with E-state index in [2.05, 4.69) is 17.6 Å². The van der Waals surface area contributed by atoms with E-state index in [1.165, 1.54) is 12.8 Å². The van der Waals surface area contributed by atoms with Crippen LogP contribution in [0, 0.1) is 17.8 Å². The quantitative estimate of drug-likeness (QED) is 0.644. The average molecular weight is 242 g/mol. The zero-order valence-electron chi connectivity index (χ0n) is 11.0. The number of aliphatic hydroxyl groups excluding tert-OH is 1. The summed E-state index contributed by atoms with van der Waals surface area (Å²) in [6.07, 6.45) is 3.05. The van der Waals surface area contributed by atoms with Crippen LogP contribution in [0.2, 0.25) is 0 Å². The first kappa shape index (κ1) is 14.5. The largest absolute Gasteiger partial charge is 0.396 e. The van der Waals surface area contributed by atoms with Crippen molar-refractivity contribution in [2.75, 3.05) is 26.2 Å². The highest BCUT2D eigenvalue weighted by molar-refractivity contribution is 5.76. The molecule has 100 valence electrons. The molecule has 1 amide bonds. The van der Waals surface area contributed by atoms with Gasteiger partial charge in [-0.2, -0.15) is 0 Å². The van der Waals surface area contributed by atoms with E-state index in [0.717, 1.165) is 13.1 Å². The normalized spacial score (nSPS) is 24.1. The fourth-order valence-corrected chi connectivity index (χ4v) is 2.25. The highest BCUT2D eigenvalue weighted by atomic mass is 16.3. The Morgan fingerprint density at radius 1 is 1.53 bits per heavy atom. The summed E-state index contributed by atoms with van der Waals surface area (Å²) < 4.78 is 0. The highest BCUT2D eigenvalue weighted by Gasteiger charge is 2.21. The van der Waals surface area contributed by atoms with Crippen LogP contribution >= 0.6 is 0 Å². The number of rotatable bonds is 6. The summed E-state index contributed by atoms with van der Waals surface area (Å²) in [7, 11) is 0. The Labute approximate surface area is 104 Å². The summed E-state index contributed by atoms with van der Waals surface area (Å²) in [6.45, 7) is 6.94. The Morgan fingerprint density at radius 2 is 2.29 bits per heavy atom. The molecule has 0 aromatic heterocycles. The number of nitrogens with one attached hydrogen (secondary N) is 2. The van der Waals surface area contributed by atoms with E-state index in [9.17, 15) is 4.79 Å². The third kappa shape index (κ3) is 5.50. The summed E-state index contributed by atoms with van der Waals surface area (Å²) in [5.41, 5.74) is 0. The van der Waals surface area contributed by atoms with Gasteiger partial charge in [0.2, 0.25) is 5.91 Å². The zero-order chi connectivity index (χ0) is 12.7. The summed E-state index contributed by atoms with van der Waals surface area (Å²) in [5.74, 6) is 1.32. The Bertz CT molecular complexity index is 227. The van der Waals surface area contributed by atoms with Gasteiger partial charge in [0.15, 0.2) is 0 Å². The van der Waals surface area contributed by atoms with Gasteiger partial charge in [0.05, 0.1) is 0 Å². The second-order valence-electron chi connectivity index (χ2n) is 5.38. The van der Waals surface area contributed by atoms with Crippen molar-refractivity contribution in [3.63, 3.8) is 0 Å². The number of piperidine rings is 1. The Balaban J connectivity index is 2.20. The van der Waals surface area contributed by atoms with E-state index in [1.54, 1.807) is 0 Å². The first-order valence-corrected chi connectivity index (χ1v) is 6.71. The third-order valence-corrected chi connectivity index (χ3v) is 3.61. The molecule has 0 bridgehead atoms. The minimum Gasteiger partial charge on any atom is -0.396 e. The molecular weight excluding hydrogens is 216 g/mol. The van der Waals surface area contributed by atoms with Crippen LogP contribution in [-0.2, 0) is 4.79 Å². The molecule has 1 aliphatic rings. The van der Waals surface area contributed by atoms with Gasteiger partial charge in [0, 0.05) is 19.6 Å². The molecule has 4 heteroatoms. The number of carbonyl (C=O) groups excluding carboxylic acids is 1. The number of hydrogen-bond donors (Lipinski definition) is 3. The van der Waals surface area contributed by atoms with Gasteiger partial charge in [-0.25, -0.2) is 0 Å². The molecule has 0 radical (unpaired) electrons. The van der Waals surface area contributed by atoms with Gasteiger partial charge in [-0.15, -0.1) is 0 Å². The standard InChI is InChI=1S/C13H26N2O2/c1-10(9-16)7-15-13(17)6-11(2)12-4-3-5-14-8-12/h10-12,14,16H,3-9H2,1-2H3,(H,15,17). The second kappa shape index (κ2) is 7.67. The number of carbonyl (C=O) groups is 1. The Kier molecular flexibility index (Phi) is 6.52. The molecule has 0 aliphatic carbocycles. The smallest absolute Gasteiger partial charge is 0.220 e. The SMILES string of the molecule is CC(CO)CNC(=O)CC(C)C1CCCNC1. The van der Waals surface area contributed by atoms with E-state index >= 15 is 0 Å². The van der Waals surface area contributed by atoms with Gasteiger partial charge < -0.3 is 15.7 Å². The molecule has 4 nitrogen and oxygen atoms in total. The molecule has 1 heterocycles. The predicted molar refractivity (Wildman–Crippen MR) is 68.6 cm³/mol. The molecule has 3 N–H and O–H groups in total. The number of amides is 1. The topological polar surface area (TPSA) is 61.4 Å². The monoisotopic (exact) mass is 242 g/mol. The maximum Gasteiger partial charge on any atom is 0.220 e. The van der Waals surface area contributed by atoms with Crippen LogP contribution < -0.4 is 10.6 Å². The van der Waals surface area contributed by atoms with Gasteiger partial charge in [-0.05, 0) is 43.7 Å². The Hall–Kier alpha value is -0.610. The molecule has 0 saturated carbocycles. The molecular formula is C13H26N2O2.